The molecule has 5 nitrogen and oxygen atoms in total. The monoisotopic (exact) mass is 482 g/mol. The van der Waals surface area contributed by atoms with Crippen LogP contribution in [0.4, 0.5) is 5.82 Å². The van der Waals surface area contributed by atoms with Crippen molar-refractivity contribution in [3.05, 3.63) is 45.6 Å². The molecule has 1 aromatic carbocycles. The van der Waals surface area contributed by atoms with Crippen molar-refractivity contribution in [3.8, 4) is 11.5 Å². The summed E-state index contributed by atoms with van der Waals surface area (Å²) in [5, 5.41) is 0. The van der Waals surface area contributed by atoms with Gasteiger partial charge in [0.2, 0.25) is 0 Å². The number of aryl methyl sites for hydroxylation is 2. The third kappa shape index (κ3) is 5.60. The van der Waals surface area contributed by atoms with Crippen molar-refractivity contribution in [1.82, 2.24) is 4.98 Å². The highest BCUT2D eigenvalue weighted by molar-refractivity contribution is 7.80. The fraction of sp³-hybridized carbons (Fsp3) is 0.536. The van der Waals surface area contributed by atoms with E-state index >= 15 is 0 Å². The molecule has 0 spiro atoms. The molecule has 0 aliphatic carbocycles. The molecule has 2 heterocycles. The first-order chi connectivity index (χ1) is 15.8. The van der Waals surface area contributed by atoms with Gasteiger partial charge >= 0.3 is 5.97 Å². The van der Waals surface area contributed by atoms with Crippen LogP contribution < -0.4 is 14.4 Å². The smallest absolute Gasteiger partial charge is 0.308 e. The minimum atomic E-state index is -0.426. The molecule has 0 amide bonds. The normalized spacial score (nSPS) is 17.2. The molecule has 184 valence electrons. The van der Waals surface area contributed by atoms with Gasteiger partial charge in [-0.1, -0.05) is 26.1 Å². The van der Waals surface area contributed by atoms with Crippen LogP contribution in [0.3, 0.4) is 0 Å². The van der Waals surface area contributed by atoms with E-state index in [9.17, 15) is 4.79 Å². The van der Waals surface area contributed by atoms with E-state index in [0.29, 0.717) is 18.1 Å². The average molecular weight is 483 g/mol. The number of rotatable bonds is 6. The molecule has 2 aromatic rings. The van der Waals surface area contributed by atoms with Gasteiger partial charge in [-0.15, -0.1) is 0 Å². The van der Waals surface area contributed by atoms with E-state index in [-0.39, 0.29) is 5.97 Å². The number of anilines is 1. The van der Waals surface area contributed by atoms with Gasteiger partial charge in [-0.25, -0.2) is 4.98 Å². The van der Waals surface area contributed by atoms with Gasteiger partial charge in [-0.2, -0.15) is 0 Å². The van der Waals surface area contributed by atoms with Gasteiger partial charge in [0.15, 0.2) is 0 Å². The second kappa shape index (κ2) is 10.0. The summed E-state index contributed by atoms with van der Waals surface area (Å²) in [7, 11) is 0. The molecule has 0 saturated heterocycles. The van der Waals surface area contributed by atoms with Crippen LogP contribution in [0.2, 0.25) is 0 Å². The topological polar surface area (TPSA) is 51.7 Å². The average Bonchev–Trinajstić information content (AvgIpc) is 2.72. The molecule has 1 aliphatic heterocycles. The van der Waals surface area contributed by atoms with Crippen molar-refractivity contribution in [2.24, 2.45) is 5.92 Å². The number of hydrogen-bond acceptors (Lipinski definition) is 5. The standard InChI is InChI=1S/C28H38N2O3S/c1-16(2)15-30(24-13-17(3)12-18(4)29-24)25(34)14-28(9)11-10-23-21(7)26(32-22(8)31)19(5)20(6)27(23)33-28/h12-13,16H,10-11,14-15H2,1-9H3. The molecule has 6 heteroatoms. The van der Waals surface area contributed by atoms with E-state index < -0.39 is 5.60 Å². The van der Waals surface area contributed by atoms with Gasteiger partial charge in [0.05, 0.1) is 4.99 Å². The lowest BCUT2D eigenvalue weighted by atomic mass is 9.85. The number of hydrogen-bond donors (Lipinski definition) is 0. The Balaban J connectivity index is 1.91. The molecule has 0 N–H and O–H groups in total. The summed E-state index contributed by atoms with van der Waals surface area (Å²) in [6.07, 6.45) is 2.31. The van der Waals surface area contributed by atoms with Crippen LogP contribution in [0, 0.1) is 40.5 Å². The van der Waals surface area contributed by atoms with Gasteiger partial charge in [-0.05, 0) is 94.7 Å². The fourth-order valence-electron chi connectivity index (χ4n) is 4.76. The van der Waals surface area contributed by atoms with E-state index in [1.165, 1.54) is 12.5 Å². The number of ether oxygens (including phenoxy) is 2. The molecule has 0 saturated carbocycles. The first kappa shape index (κ1) is 26.1. The van der Waals surface area contributed by atoms with Gasteiger partial charge in [0.1, 0.15) is 22.9 Å². The summed E-state index contributed by atoms with van der Waals surface area (Å²) in [5.41, 5.74) is 5.81. The number of aromatic nitrogens is 1. The van der Waals surface area contributed by atoms with Crippen molar-refractivity contribution in [1.29, 1.82) is 0 Å². The van der Waals surface area contributed by atoms with Crippen molar-refractivity contribution in [2.75, 3.05) is 11.4 Å². The Morgan fingerprint density at radius 3 is 2.44 bits per heavy atom. The van der Waals surface area contributed by atoms with Gasteiger partial charge < -0.3 is 14.4 Å². The predicted molar refractivity (Wildman–Crippen MR) is 142 cm³/mol. The number of pyridine rings is 1. The van der Waals surface area contributed by atoms with E-state index in [2.05, 4.69) is 44.7 Å². The summed E-state index contributed by atoms with van der Waals surface area (Å²) in [6, 6.07) is 4.19. The number of nitrogens with zero attached hydrogens (tertiary/aromatic N) is 2. The molecule has 3 rings (SSSR count). The quantitative estimate of drug-likeness (QED) is 0.266. The van der Waals surface area contributed by atoms with E-state index in [1.54, 1.807) is 0 Å². The maximum atomic E-state index is 11.6. The molecule has 1 aliphatic rings. The van der Waals surface area contributed by atoms with Crippen molar-refractivity contribution >= 4 is 29.0 Å². The SMILES string of the molecule is CC(=O)Oc1c(C)c(C)c2c(c1C)CCC(C)(CC(=S)N(CC(C)C)c1cc(C)cc(C)n1)O2. The molecule has 1 aromatic heterocycles. The Hall–Kier alpha value is -2.47. The summed E-state index contributed by atoms with van der Waals surface area (Å²) < 4.78 is 12.3. The highest BCUT2D eigenvalue weighted by atomic mass is 32.1. The zero-order valence-corrected chi connectivity index (χ0v) is 22.9. The lowest BCUT2D eigenvalue weighted by Gasteiger charge is -2.40. The fourth-order valence-corrected chi connectivity index (χ4v) is 5.24. The van der Waals surface area contributed by atoms with E-state index in [0.717, 1.165) is 63.9 Å². The summed E-state index contributed by atoms with van der Waals surface area (Å²) >= 11 is 6.01. The van der Waals surface area contributed by atoms with Crippen LogP contribution in [-0.4, -0.2) is 28.1 Å². The number of esters is 1. The zero-order chi connectivity index (χ0) is 25.4. The highest BCUT2D eigenvalue weighted by Crippen LogP contribution is 2.45. The molecule has 0 radical (unpaired) electrons. The van der Waals surface area contributed by atoms with Crippen molar-refractivity contribution < 1.29 is 14.3 Å². The van der Waals surface area contributed by atoms with Crippen LogP contribution in [0.5, 0.6) is 11.5 Å². The molecular weight excluding hydrogens is 444 g/mol. The van der Waals surface area contributed by atoms with Crippen LogP contribution in [0.15, 0.2) is 12.1 Å². The van der Waals surface area contributed by atoms with Crippen LogP contribution >= 0.6 is 12.2 Å². The van der Waals surface area contributed by atoms with Gasteiger partial charge in [0, 0.05) is 31.1 Å². The van der Waals surface area contributed by atoms with Gasteiger partial charge in [-0.3, -0.25) is 4.79 Å². The summed E-state index contributed by atoms with van der Waals surface area (Å²) in [4.78, 5) is 19.5. The largest absolute Gasteiger partial charge is 0.487 e. The molecule has 1 unspecified atom stereocenters. The number of carbonyl (C=O) groups is 1. The summed E-state index contributed by atoms with van der Waals surface area (Å²) in [5.74, 6) is 2.61. The Bertz CT molecular complexity index is 1110. The highest BCUT2D eigenvalue weighted by Gasteiger charge is 2.37. The first-order valence-corrected chi connectivity index (χ1v) is 12.5. The molecular formula is C28H38N2O3S. The third-order valence-electron chi connectivity index (χ3n) is 6.54. The Morgan fingerprint density at radius 1 is 1.18 bits per heavy atom. The lowest BCUT2D eigenvalue weighted by molar-refractivity contribution is -0.132. The predicted octanol–water partition coefficient (Wildman–Crippen LogP) is 6.51. The maximum Gasteiger partial charge on any atom is 0.308 e. The molecule has 0 bridgehead atoms. The Kier molecular flexibility index (Phi) is 7.71. The van der Waals surface area contributed by atoms with Gasteiger partial charge in [0.25, 0.3) is 0 Å². The minimum absolute atomic E-state index is 0.303. The van der Waals surface area contributed by atoms with Crippen LogP contribution in [0.25, 0.3) is 0 Å². The van der Waals surface area contributed by atoms with Crippen LogP contribution in [0.1, 0.15) is 74.0 Å². The number of benzene rings is 1. The third-order valence-corrected chi connectivity index (χ3v) is 6.91. The Labute approximate surface area is 209 Å². The van der Waals surface area contributed by atoms with Crippen molar-refractivity contribution in [2.45, 2.75) is 87.2 Å². The van der Waals surface area contributed by atoms with Crippen LogP contribution in [-0.2, 0) is 11.2 Å². The second-order valence-corrected chi connectivity index (χ2v) is 10.8. The number of carbonyl (C=O) groups excluding carboxylic acids is 1. The lowest BCUT2D eigenvalue weighted by Crippen LogP contribution is -2.44. The zero-order valence-electron chi connectivity index (χ0n) is 22.1. The summed E-state index contributed by atoms with van der Waals surface area (Å²) in [6.45, 7) is 18.9. The molecule has 1 atom stereocenters. The maximum absolute atomic E-state index is 11.6. The first-order valence-electron chi connectivity index (χ1n) is 12.1. The minimum Gasteiger partial charge on any atom is -0.487 e. The molecule has 34 heavy (non-hydrogen) atoms. The molecule has 0 fully saturated rings. The Morgan fingerprint density at radius 2 is 1.85 bits per heavy atom. The van der Waals surface area contributed by atoms with Crippen molar-refractivity contribution in [3.63, 3.8) is 0 Å². The van der Waals surface area contributed by atoms with E-state index in [4.69, 9.17) is 26.7 Å². The number of thiocarbonyl (C=S) groups is 1. The van der Waals surface area contributed by atoms with E-state index in [1.807, 2.05) is 27.7 Å². The second-order valence-electron chi connectivity index (χ2n) is 10.4. The number of fused-ring (bicyclic) bond motifs is 1.